The van der Waals surface area contributed by atoms with E-state index in [4.69, 9.17) is 34.8 Å². The van der Waals surface area contributed by atoms with E-state index in [1.165, 1.54) is 6.42 Å². The van der Waals surface area contributed by atoms with Crippen LogP contribution in [0.15, 0.2) is 18.2 Å². The van der Waals surface area contributed by atoms with Crippen LogP contribution in [0.1, 0.15) is 42.5 Å². The van der Waals surface area contributed by atoms with Crippen molar-refractivity contribution in [3.8, 4) is 0 Å². The number of hydrogen-bond donors (Lipinski definition) is 1. The van der Waals surface area contributed by atoms with Crippen molar-refractivity contribution >= 4 is 40.7 Å². The number of amides is 1. The van der Waals surface area contributed by atoms with Crippen LogP contribution in [0.5, 0.6) is 0 Å². The van der Waals surface area contributed by atoms with Crippen LogP contribution < -0.4 is 5.32 Å². The Bertz CT molecular complexity index is 470. The van der Waals surface area contributed by atoms with E-state index in [1.807, 2.05) is 0 Å². The van der Waals surface area contributed by atoms with E-state index < -0.39 is 0 Å². The molecule has 1 fully saturated rings. The maximum Gasteiger partial charge on any atom is 0.253 e. The summed E-state index contributed by atoms with van der Waals surface area (Å²) in [5.41, 5.74) is 0.154. The molecule has 0 atom stereocenters. The minimum atomic E-state index is -0.292. The Morgan fingerprint density at radius 1 is 1.21 bits per heavy atom. The van der Waals surface area contributed by atoms with Crippen molar-refractivity contribution in [2.75, 3.05) is 5.88 Å². The molecule has 1 aromatic rings. The Hall–Kier alpha value is -0.440. The van der Waals surface area contributed by atoms with Gasteiger partial charge >= 0.3 is 0 Å². The molecule has 1 N–H and O–H groups in total. The SMILES string of the molecule is O=C(NC1(CCl)CCCCC1)c1ccc(Cl)cc1Cl. The highest BCUT2D eigenvalue weighted by atomic mass is 35.5. The van der Waals surface area contributed by atoms with Crippen molar-refractivity contribution in [2.45, 2.75) is 37.6 Å². The lowest BCUT2D eigenvalue weighted by Gasteiger charge is -2.36. The van der Waals surface area contributed by atoms with Gasteiger partial charge in [0.05, 0.1) is 16.1 Å². The lowest BCUT2D eigenvalue weighted by atomic mass is 9.83. The molecule has 0 unspecified atom stereocenters. The first-order chi connectivity index (χ1) is 9.06. The van der Waals surface area contributed by atoms with Crippen LogP contribution in [0, 0.1) is 0 Å². The molecule has 0 radical (unpaired) electrons. The zero-order valence-corrected chi connectivity index (χ0v) is 12.8. The average molecular weight is 321 g/mol. The molecule has 0 spiro atoms. The Morgan fingerprint density at radius 2 is 1.89 bits per heavy atom. The lowest BCUT2D eigenvalue weighted by Crippen LogP contribution is -2.51. The van der Waals surface area contributed by atoms with E-state index in [-0.39, 0.29) is 11.4 Å². The van der Waals surface area contributed by atoms with Gasteiger partial charge < -0.3 is 5.32 Å². The zero-order chi connectivity index (χ0) is 13.9. The number of alkyl halides is 1. The zero-order valence-electron chi connectivity index (χ0n) is 10.5. The third-order valence-electron chi connectivity index (χ3n) is 3.62. The van der Waals surface area contributed by atoms with Gasteiger partial charge in [-0.1, -0.05) is 42.5 Å². The number of benzene rings is 1. The predicted octanol–water partition coefficient (Wildman–Crippen LogP) is 4.66. The number of hydrogen-bond acceptors (Lipinski definition) is 1. The van der Waals surface area contributed by atoms with E-state index in [1.54, 1.807) is 18.2 Å². The van der Waals surface area contributed by atoms with Crippen LogP contribution in [0.2, 0.25) is 10.0 Å². The maximum absolute atomic E-state index is 12.3. The largest absolute Gasteiger partial charge is 0.345 e. The van der Waals surface area contributed by atoms with Crippen molar-refractivity contribution in [2.24, 2.45) is 0 Å². The van der Waals surface area contributed by atoms with Crippen molar-refractivity contribution < 1.29 is 4.79 Å². The third kappa shape index (κ3) is 3.56. The van der Waals surface area contributed by atoms with Crippen molar-refractivity contribution in [1.29, 1.82) is 0 Å². The Kier molecular flexibility index (Phi) is 4.99. The first-order valence-corrected chi connectivity index (χ1v) is 7.69. The molecule has 104 valence electrons. The summed E-state index contributed by atoms with van der Waals surface area (Å²) < 4.78 is 0. The topological polar surface area (TPSA) is 29.1 Å². The number of carbonyl (C=O) groups excluding carboxylic acids is 1. The van der Waals surface area contributed by atoms with E-state index >= 15 is 0 Å². The van der Waals surface area contributed by atoms with E-state index in [9.17, 15) is 4.79 Å². The van der Waals surface area contributed by atoms with Gasteiger partial charge in [-0.2, -0.15) is 0 Å². The van der Waals surface area contributed by atoms with Gasteiger partial charge in [-0.05, 0) is 31.0 Å². The van der Waals surface area contributed by atoms with Gasteiger partial charge in [0.2, 0.25) is 0 Å². The molecular weight excluding hydrogens is 305 g/mol. The molecule has 0 heterocycles. The Balaban J connectivity index is 2.15. The molecular formula is C14H16Cl3NO. The number of carbonyl (C=O) groups is 1. The van der Waals surface area contributed by atoms with E-state index in [0.29, 0.717) is 21.5 Å². The molecule has 0 aromatic heterocycles. The fourth-order valence-electron chi connectivity index (χ4n) is 2.50. The summed E-state index contributed by atoms with van der Waals surface area (Å²) in [6, 6.07) is 4.88. The number of rotatable bonds is 3. The molecule has 0 bridgehead atoms. The van der Waals surface area contributed by atoms with Gasteiger partial charge in [0.25, 0.3) is 5.91 Å². The van der Waals surface area contributed by atoms with E-state index in [0.717, 1.165) is 25.7 Å². The second kappa shape index (κ2) is 6.34. The quantitative estimate of drug-likeness (QED) is 0.806. The van der Waals surface area contributed by atoms with Crippen LogP contribution >= 0.6 is 34.8 Å². The highest BCUT2D eigenvalue weighted by Crippen LogP contribution is 2.30. The minimum absolute atomic E-state index is 0.177. The molecule has 2 rings (SSSR count). The normalized spacial score (nSPS) is 18.1. The van der Waals surface area contributed by atoms with Crippen LogP contribution in [-0.2, 0) is 0 Å². The van der Waals surface area contributed by atoms with Gasteiger partial charge in [0.15, 0.2) is 0 Å². The molecule has 1 aliphatic carbocycles. The van der Waals surface area contributed by atoms with Gasteiger partial charge in [-0.25, -0.2) is 0 Å². The molecule has 1 aliphatic rings. The van der Waals surface area contributed by atoms with Crippen molar-refractivity contribution in [3.63, 3.8) is 0 Å². The van der Waals surface area contributed by atoms with Gasteiger partial charge in [0, 0.05) is 10.9 Å². The molecule has 0 saturated heterocycles. The highest BCUT2D eigenvalue weighted by Gasteiger charge is 2.33. The molecule has 19 heavy (non-hydrogen) atoms. The lowest BCUT2D eigenvalue weighted by molar-refractivity contribution is 0.0885. The maximum atomic E-state index is 12.3. The predicted molar refractivity (Wildman–Crippen MR) is 80.5 cm³/mol. The fraction of sp³-hybridized carbons (Fsp3) is 0.500. The first-order valence-electron chi connectivity index (χ1n) is 6.40. The molecule has 2 nitrogen and oxygen atoms in total. The summed E-state index contributed by atoms with van der Waals surface area (Å²) in [5, 5.41) is 3.95. The summed E-state index contributed by atoms with van der Waals surface area (Å²) in [6.45, 7) is 0. The smallest absolute Gasteiger partial charge is 0.253 e. The van der Waals surface area contributed by atoms with Crippen LogP contribution in [0.25, 0.3) is 0 Å². The molecule has 5 heteroatoms. The standard InChI is InChI=1S/C14H16Cl3NO/c15-9-14(6-2-1-3-7-14)18-13(19)11-5-4-10(16)8-12(11)17/h4-5,8H,1-3,6-7,9H2,(H,18,19). The molecule has 0 aliphatic heterocycles. The first kappa shape index (κ1) is 15.0. The average Bonchev–Trinajstić information content (AvgIpc) is 2.39. The summed E-state index contributed by atoms with van der Waals surface area (Å²) >= 11 is 17.9. The number of nitrogens with one attached hydrogen (secondary N) is 1. The fourth-order valence-corrected chi connectivity index (χ4v) is 3.33. The third-order valence-corrected chi connectivity index (χ3v) is 4.68. The number of halogens is 3. The molecule has 1 saturated carbocycles. The van der Waals surface area contributed by atoms with Gasteiger partial charge in [-0.3, -0.25) is 4.79 Å². The molecule has 1 aromatic carbocycles. The van der Waals surface area contributed by atoms with Gasteiger partial charge in [-0.15, -0.1) is 11.6 Å². The summed E-state index contributed by atoms with van der Waals surface area (Å²) in [4.78, 5) is 12.3. The summed E-state index contributed by atoms with van der Waals surface area (Å²) in [6.07, 6.45) is 5.25. The molecule has 1 amide bonds. The second-order valence-electron chi connectivity index (χ2n) is 5.05. The van der Waals surface area contributed by atoms with Crippen LogP contribution in [0.4, 0.5) is 0 Å². The highest BCUT2D eigenvalue weighted by molar-refractivity contribution is 6.36. The summed E-state index contributed by atoms with van der Waals surface area (Å²) in [7, 11) is 0. The van der Waals surface area contributed by atoms with E-state index in [2.05, 4.69) is 5.32 Å². The monoisotopic (exact) mass is 319 g/mol. The second-order valence-corrected chi connectivity index (χ2v) is 6.16. The van der Waals surface area contributed by atoms with Crippen LogP contribution in [0.3, 0.4) is 0 Å². The Labute approximate surface area is 128 Å². The van der Waals surface area contributed by atoms with Crippen LogP contribution in [-0.4, -0.2) is 17.3 Å². The van der Waals surface area contributed by atoms with Crippen molar-refractivity contribution in [3.05, 3.63) is 33.8 Å². The van der Waals surface area contributed by atoms with Crippen molar-refractivity contribution in [1.82, 2.24) is 5.32 Å². The minimum Gasteiger partial charge on any atom is -0.345 e. The Morgan fingerprint density at radius 3 is 2.47 bits per heavy atom. The summed E-state index contributed by atoms with van der Waals surface area (Å²) in [5.74, 6) is 0.258. The van der Waals surface area contributed by atoms with Gasteiger partial charge in [0.1, 0.15) is 0 Å².